The molecule has 1 aromatic carbocycles. The van der Waals surface area contributed by atoms with Gasteiger partial charge in [-0.05, 0) is 61.9 Å². The van der Waals surface area contributed by atoms with E-state index in [0.717, 1.165) is 6.54 Å². The number of rotatable bonds is 3. The zero-order valence-electron chi connectivity index (χ0n) is 10.5. The summed E-state index contributed by atoms with van der Waals surface area (Å²) in [4.78, 5) is 0. The normalized spacial score (nSPS) is 23.4. The summed E-state index contributed by atoms with van der Waals surface area (Å²) in [5, 5.41) is 7.16. The molecule has 2 heteroatoms. The summed E-state index contributed by atoms with van der Waals surface area (Å²) in [7, 11) is 0. The molecule has 1 saturated heterocycles. The molecule has 2 aliphatic rings. The van der Waals surface area contributed by atoms with Gasteiger partial charge in [-0.1, -0.05) is 12.5 Å². The minimum atomic E-state index is 0.664. The second-order valence-electron chi connectivity index (χ2n) is 5.36. The molecule has 0 radical (unpaired) electrons. The van der Waals surface area contributed by atoms with Crippen LogP contribution in [0.4, 0.5) is 5.69 Å². The van der Waals surface area contributed by atoms with Crippen molar-refractivity contribution in [3.63, 3.8) is 0 Å². The van der Waals surface area contributed by atoms with E-state index in [1.165, 1.54) is 50.8 Å². The molecule has 2 N–H and O–H groups in total. The summed E-state index contributed by atoms with van der Waals surface area (Å²) in [6.07, 6.45) is 7.92. The number of fused-ring (bicyclic) bond motifs is 1. The zero-order chi connectivity index (χ0) is 11.5. The number of piperidine rings is 1. The van der Waals surface area contributed by atoms with Crippen LogP contribution >= 0.6 is 0 Å². The van der Waals surface area contributed by atoms with Gasteiger partial charge in [0.2, 0.25) is 0 Å². The van der Waals surface area contributed by atoms with E-state index in [9.17, 15) is 0 Å². The van der Waals surface area contributed by atoms with Gasteiger partial charge >= 0.3 is 0 Å². The predicted molar refractivity (Wildman–Crippen MR) is 72.6 cm³/mol. The molecule has 1 atom stereocenters. The number of hydrogen-bond donors (Lipinski definition) is 2. The van der Waals surface area contributed by atoms with Crippen molar-refractivity contribution in [2.75, 3.05) is 18.4 Å². The Morgan fingerprint density at radius 2 is 2.06 bits per heavy atom. The van der Waals surface area contributed by atoms with Crippen LogP contribution in [0.5, 0.6) is 0 Å². The molecule has 1 fully saturated rings. The fourth-order valence-electron chi connectivity index (χ4n) is 3.02. The van der Waals surface area contributed by atoms with Crippen molar-refractivity contribution in [2.45, 2.75) is 44.6 Å². The highest BCUT2D eigenvalue weighted by Gasteiger charge is 2.13. The highest BCUT2D eigenvalue weighted by Crippen LogP contribution is 2.24. The lowest BCUT2D eigenvalue weighted by molar-refractivity contribution is 0.414. The number of aryl methyl sites for hydroxylation is 2. The molecule has 1 unspecified atom stereocenters. The minimum Gasteiger partial charge on any atom is -0.383 e. The van der Waals surface area contributed by atoms with E-state index in [0.29, 0.717) is 6.04 Å². The molecular formula is C15H22N2. The summed E-state index contributed by atoms with van der Waals surface area (Å²) in [5.41, 5.74) is 4.43. The van der Waals surface area contributed by atoms with Crippen LogP contribution in [0.1, 0.15) is 36.8 Å². The molecule has 1 aromatic rings. The van der Waals surface area contributed by atoms with Gasteiger partial charge in [0.1, 0.15) is 0 Å². The maximum absolute atomic E-state index is 3.58. The molecule has 1 heterocycles. The third kappa shape index (κ3) is 2.63. The Morgan fingerprint density at radius 1 is 1.12 bits per heavy atom. The molecule has 2 nitrogen and oxygen atoms in total. The fraction of sp³-hybridized carbons (Fsp3) is 0.600. The molecule has 0 saturated carbocycles. The first kappa shape index (κ1) is 11.1. The molecule has 1 aliphatic carbocycles. The first-order valence-electron chi connectivity index (χ1n) is 7.01. The van der Waals surface area contributed by atoms with E-state index in [2.05, 4.69) is 28.8 Å². The average molecular weight is 230 g/mol. The zero-order valence-corrected chi connectivity index (χ0v) is 10.5. The van der Waals surface area contributed by atoms with E-state index in [-0.39, 0.29) is 0 Å². The van der Waals surface area contributed by atoms with Gasteiger partial charge < -0.3 is 10.6 Å². The van der Waals surface area contributed by atoms with Gasteiger partial charge in [-0.25, -0.2) is 0 Å². The second kappa shape index (κ2) is 5.09. The maximum Gasteiger partial charge on any atom is 0.0343 e. The van der Waals surface area contributed by atoms with Crippen molar-refractivity contribution in [3.8, 4) is 0 Å². The number of nitrogens with one attached hydrogen (secondary N) is 2. The summed E-state index contributed by atoms with van der Waals surface area (Å²) in [6, 6.07) is 7.56. The standard InChI is InChI=1S/C15H22N2/c1-2-9-16-15(6-1)11-17-14-8-7-12-4-3-5-13(12)10-14/h7-8,10,15-17H,1-6,9,11H2. The highest BCUT2D eigenvalue weighted by molar-refractivity contribution is 5.50. The lowest BCUT2D eigenvalue weighted by Crippen LogP contribution is -2.39. The van der Waals surface area contributed by atoms with Gasteiger partial charge in [-0.15, -0.1) is 0 Å². The third-order valence-corrected chi connectivity index (χ3v) is 4.06. The molecule has 0 aromatic heterocycles. The van der Waals surface area contributed by atoms with Gasteiger partial charge in [0.05, 0.1) is 0 Å². The van der Waals surface area contributed by atoms with Crippen LogP contribution < -0.4 is 10.6 Å². The molecular weight excluding hydrogens is 208 g/mol. The summed E-state index contributed by atoms with van der Waals surface area (Å²) >= 11 is 0. The van der Waals surface area contributed by atoms with E-state index in [1.807, 2.05) is 0 Å². The Balaban J connectivity index is 1.57. The van der Waals surface area contributed by atoms with Crippen LogP contribution in [0.3, 0.4) is 0 Å². The maximum atomic E-state index is 3.58. The average Bonchev–Trinajstić information content (AvgIpc) is 2.85. The van der Waals surface area contributed by atoms with Crippen LogP contribution in [0.25, 0.3) is 0 Å². The van der Waals surface area contributed by atoms with Gasteiger partial charge in [-0.2, -0.15) is 0 Å². The van der Waals surface area contributed by atoms with Gasteiger partial charge in [0.25, 0.3) is 0 Å². The summed E-state index contributed by atoms with van der Waals surface area (Å²) < 4.78 is 0. The molecule has 0 bridgehead atoms. The Labute approximate surface area is 104 Å². The number of benzene rings is 1. The number of hydrogen-bond acceptors (Lipinski definition) is 2. The van der Waals surface area contributed by atoms with E-state index < -0.39 is 0 Å². The SMILES string of the molecule is c1cc2c(cc1NCC1CCCCN1)CCC2. The first-order chi connectivity index (χ1) is 8.42. The Kier molecular flexibility index (Phi) is 3.32. The van der Waals surface area contributed by atoms with Crippen molar-refractivity contribution < 1.29 is 0 Å². The largest absolute Gasteiger partial charge is 0.383 e. The van der Waals surface area contributed by atoms with Gasteiger partial charge in [-0.3, -0.25) is 0 Å². The lowest BCUT2D eigenvalue weighted by atomic mass is 10.0. The van der Waals surface area contributed by atoms with Crippen LogP contribution in [0.15, 0.2) is 18.2 Å². The van der Waals surface area contributed by atoms with Crippen molar-refractivity contribution in [1.82, 2.24) is 5.32 Å². The Hall–Kier alpha value is -1.02. The highest BCUT2D eigenvalue weighted by atomic mass is 15.0. The first-order valence-corrected chi connectivity index (χ1v) is 7.01. The molecule has 17 heavy (non-hydrogen) atoms. The predicted octanol–water partition coefficient (Wildman–Crippen LogP) is 2.73. The van der Waals surface area contributed by atoms with E-state index in [4.69, 9.17) is 0 Å². The van der Waals surface area contributed by atoms with E-state index >= 15 is 0 Å². The molecule has 0 spiro atoms. The number of anilines is 1. The molecule has 1 aliphatic heterocycles. The van der Waals surface area contributed by atoms with Gasteiger partial charge in [0.15, 0.2) is 0 Å². The summed E-state index contributed by atoms with van der Waals surface area (Å²) in [6.45, 7) is 2.26. The molecule has 3 rings (SSSR count). The Bertz CT molecular complexity index is 381. The third-order valence-electron chi connectivity index (χ3n) is 4.06. The van der Waals surface area contributed by atoms with Crippen LogP contribution in [0, 0.1) is 0 Å². The van der Waals surface area contributed by atoms with Crippen molar-refractivity contribution in [1.29, 1.82) is 0 Å². The van der Waals surface area contributed by atoms with E-state index in [1.54, 1.807) is 11.1 Å². The lowest BCUT2D eigenvalue weighted by Gasteiger charge is -2.24. The minimum absolute atomic E-state index is 0.664. The van der Waals surface area contributed by atoms with Crippen molar-refractivity contribution in [3.05, 3.63) is 29.3 Å². The smallest absolute Gasteiger partial charge is 0.0343 e. The Morgan fingerprint density at radius 3 is 2.94 bits per heavy atom. The van der Waals surface area contributed by atoms with Crippen LogP contribution in [-0.4, -0.2) is 19.1 Å². The van der Waals surface area contributed by atoms with Crippen molar-refractivity contribution >= 4 is 5.69 Å². The van der Waals surface area contributed by atoms with Crippen molar-refractivity contribution in [2.24, 2.45) is 0 Å². The molecule has 92 valence electrons. The van der Waals surface area contributed by atoms with Crippen LogP contribution in [-0.2, 0) is 12.8 Å². The quantitative estimate of drug-likeness (QED) is 0.834. The van der Waals surface area contributed by atoms with Crippen LogP contribution in [0.2, 0.25) is 0 Å². The monoisotopic (exact) mass is 230 g/mol. The molecule has 0 amide bonds. The fourth-order valence-corrected chi connectivity index (χ4v) is 3.02. The topological polar surface area (TPSA) is 24.1 Å². The second-order valence-corrected chi connectivity index (χ2v) is 5.36. The summed E-state index contributed by atoms with van der Waals surface area (Å²) in [5.74, 6) is 0. The van der Waals surface area contributed by atoms with Gasteiger partial charge in [0, 0.05) is 18.3 Å².